The summed E-state index contributed by atoms with van der Waals surface area (Å²) in [6, 6.07) is 7.96. The highest BCUT2D eigenvalue weighted by Gasteiger charge is 2.05. The summed E-state index contributed by atoms with van der Waals surface area (Å²) >= 11 is 3.39. The Labute approximate surface area is 97.9 Å². The van der Waals surface area contributed by atoms with Crippen LogP contribution >= 0.6 is 15.9 Å². The Balaban J connectivity index is 1.95. The first kappa shape index (κ1) is 10.6. The second kappa shape index (κ2) is 5.28. The largest absolute Gasteiger partial charge is 0.378 e. The fraction of sp³-hybridized carbons (Fsp3) is 0.364. The summed E-state index contributed by atoms with van der Waals surface area (Å²) in [6.07, 6.45) is 1.89. The van der Waals surface area contributed by atoms with Crippen LogP contribution in [0.15, 0.2) is 33.7 Å². The van der Waals surface area contributed by atoms with Crippen LogP contribution in [0.4, 0.5) is 5.69 Å². The van der Waals surface area contributed by atoms with E-state index in [-0.39, 0.29) is 0 Å². The van der Waals surface area contributed by atoms with E-state index in [0.717, 1.165) is 36.5 Å². The van der Waals surface area contributed by atoms with Crippen molar-refractivity contribution in [2.24, 2.45) is 4.99 Å². The number of aliphatic imine (C=N–C) groups is 1. The summed E-state index contributed by atoms with van der Waals surface area (Å²) in [5.74, 6) is 0. The first-order valence-corrected chi connectivity index (χ1v) is 5.75. The van der Waals surface area contributed by atoms with Gasteiger partial charge in [0, 0.05) is 17.6 Å². The summed E-state index contributed by atoms with van der Waals surface area (Å²) in [5, 5.41) is 0. The first-order chi connectivity index (χ1) is 7.34. The lowest BCUT2D eigenvalue weighted by atomic mass is 10.3. The first-order valence-electron chi connectivity index (χ1n) is 4.96. The third-order valence-electron chi connectivity index (χ3n) is 2.24. The molecule has 1 aliphatic rings. The maximum absolute atomic E-state index is 5.26. The van der Waals surface area contributed by atoms with Gasteiger partial charge in [0.2, 0.25) is 0 Å². The van der Waals surface area contributed by atoms with Gasteiger partial charge in [0.05, 0.1) is 25.2 Å². The Kier molecular flexibility index (Phi) is 3.75. The fourth-order valence-electron chi connectivity index (χ4n) is 1.37. The number of halogens is 1. The number of rotatable bonds is 2. The van der Waals surface area contributed by atoms with E-state index in [0.29, 0.717) is 0 Å². The van der Waals surface area contributed by atoms with Gasteiger partial charge in [0.15, 0.2) is 0 Å². The van der Waals surface area contributed by atoms with Crippen molar-refractivity contribution in [2.75, 3.05) is 26.3 Å². The molecule has 0 saturated carbocycles. The van der Waals surface area contributed by atoms with Crippen molar-refractivity contribution in [1.82, 2.24) is 4.90 Å². The van der Waals surface area contributed by atoms with Crippen LogP contribution in [0.25, 0.3) is 0 Å². The van der Waals surface area contributed by atoms with Crippen LogP contribution < -0.4 is 0 Å². The summed E-state index contributed by atoms with van der Waals surface area (Å²) in [4.78, 5) is 6.57. The molecule has 0 aliphatic carbocycles. The molecule has 1 aliphatic heterocycles. The van der Waals surface area contributed by atoms with Crippen molar-refractivity contribution in [1.29, 1.82) is 0 Å². The van der Waals surface area contributed by atoms with Crippen molar-refractivity contribution in [3.05, 3.63) is 28.7 Å². The van der Waals surface area contributed by atoms with Gasteiger partial charge in [-0.25, -0.2) is 4.99 Å². The van der Waals surface area contributed by atoms with E-state index >= 15 is 0 Å². The standard InChI is InChI=1S/C11H13BrN2O/c12-10-1-3-11(4-2-10)13-9-14-5-7-15-8-6-14/h1-4,9H,5-8H2. The quantitative estimate of drug-likeness (QED) is 0.608. The summed E-state index contributed by atoms with van der Waals surface area (Å²) in [7, 11) is 0. The topological polar surface area (TPSA) is 24.8 Å². The van der Waals surface area contributed by atoms with Crippen LogP contribution in [0.5, 0.6) is 0 Å². The van der Waals surface area contributed by atoms with Crippen LogP contribution in [0.3, 0.4) is 0 Å². The van der Waals surface area contributed by atoms with Crippen LogP contribution in [0.1, 0.15) is 0 Å². The number of hydrogen-bond donors (Lipinski definition) is 0. The van der Waals surface area contributed by atoms with Gasteiger partial charge in [-0.05, 0) is 24.3 Å². The fourth-order valence-corrected chi connectivity index (χ4v) is 1.63. The van der Waals surface area contributed by atoms with Crippen molar-refractivity contribution in [3.8, 4) is 0 Å². The van der Waals surface area contributed by atoms with Crippen LogP contribution in [0, 0.1) is 0 Å². The molecule has 0 radical (unpaired) electrons. The molecule has 80 valence electrons. The van der Waals surface area contributed by atoms with Crippen LogP contribution in [-0.4, -0.2) is 37.5 Å². The molecule has 0 aromatic heterocycles. The van der Waals surface area contributed by atoms with Gasteiger partial charge in [-0.1, -0.05) is 15.9 Å². The molecule has 2 rings (SSSR count). The average Bonchev–Trinajstić information content (AvgIpc) is 2.30. The third kappa shape index (κ3) is 3.32. The number of morpholine rings is 1. The van der Waals surface area contributed by atoms with Crippen molar-refractivity contribution in [3.63, 3.8) is 0 Å². The lowest BCUT2D eigenvalue weighted by molar-refractivity contribution is 0.0701. The molecule has 1 aromatic carbocycles. The normalized spacial score (nSPS) is 17.3. The Morgan fingerprint density at radius 1 is 1.20 bits per heavy atom. The highest BCUT2D eigenvalue weighted by atomic mass is 79.9. The zero-order valence-corrected chi connectivity index (χ0v) is 9.98. The summed E-state index contributed by atoms with van der Waals surface area (Å²) < 4.78 is 6.33. The second-order valence-corrected chi connectivity index (χ2v) is 4.29. The van der Waals surface area contributed by atoms with Crippen LogP contribution in [0.2, 0.25) is 0 Å². The van der Waals surface area contributed by atoms with Gasteiger partial charge in [-0.3, -0.25) is 0 Å². The molecule has 0 spiro atoms. The maximum atomic E-state index is 5.26. The number of benzene rings is 1. The third-order valence-corrected chi connectivity index (χ3v) is 2.77. The molecule has 4 heteroatoms. The molecular formula is C11H13BrN2O. The van der Waals surface area contributed by atoms with Crippen LogP contribution in [-0.2, 0) is 4.74 Å². The van der Waals surface area contributed by atoms with Gasteiger partial charge in [-0.15, -0.1) is 0 Å². The van der Waals surface area contributed by atoms with E-state index in [1.807, 2.05) is 30.6 Å². The minimum Gasteiger partial charge on any atom is -0.378 e. The lowest BCUT2D eigenvalue weighted by Gasteiger charge is -2.24. The molecule has 15 heavy (non-hydrogen) atoms. The zero-order chi connectivity index (χ0) is 10.5. The van der Waals surface area contributed by atoms with Crippen molar-refractivity contribution in [2.45, 2.75) is 0 Å². The van der Waals surface area contributed by atoms with Gasteiger partial charge in [0.25, 0.3) is 0 Å². The van der Waals surface area contributed by atoms with Crippen molar-refractivity contribution < 1.29 is 4.74 Å². The zero-order valence-electron chi connectivity index (χ0n) is 8.40. The average molecular weight is 269 g/mol. The Morgan fingerprint density at radius 3 is 2.53 bits per heavy atom. The Morgan fingerprint density at radius 2 is 1.87 bits per heavy atom. The molecular weight excluding hydrogens is 256 g/mol. The smallest absolute Gasteiger partial charge is 0.0913 e. The molecule has 1 aromatic rings. The minimum atomic E-state index is 0.798. The molecule has 3 nitrogen and oxygen atoms in total. The monoisotopic (exact) mass is 268 g/mol. The van der Waals surface area contributed by atoms with Gasteiger partial charge in [0.1, 0.15) is 0 Å². The van der Waals surface area contributed by atoms with E-state index in [9.17, 15) is 0 Å². The molecule has 0 amide bonds. The van der Waals surface area contributed by atoms with E-state index in [4.69, 9.17) is 4.74 Å². The van der Waals surface area contributed by atoms with Gasteiger partial charge < -0.3 is 9.64 Å². The minimum absolute atomic E-state index is 0.798. The number of hydrogen-bond acceptors (Lipinski definition) is 2. The van der Waals surface area contributed by atoms with E-state index < -0.39 is 0 Å². The SMILES string of the molecule is Brc1ccc(N=CN2CCOCC2)cc1. The van der Waals surface area contributed by atoms with E-state index in [1.54, 1.807) is 0 Å². The predicted octanol–water partition coefficient (Wildman–Crippen LogP) is 2.44. The molecule has 0 N–H and O–H groups in total. The molecule has 1 fully saturated rings. The summed E-state index contributed by atoms with van der Waals surface area (Å²) in [6.45, 7) is 3.46. The molecule has 0 unspecified atom stereocenters. The van der Waals surface area contributed by atoms with Gasteiger partial charge >= 0.3 is 0 Å². The maximum Gasteiger partial charge on any atom is 0.0913 e. The molecule has 1 heterocycles. The van der Waals surface area contributed by atoms with E-state index in [2.05, 4.69) is 25.8 Å². The molecule has 1 saturated heterocycles. The summed E-state index contributed by atoms with van der Waals surface area (Å²) in [5.41, 5.74) is 0.977. The number of ether oxygens (including phenoxy) is 1. The van der Waals surface area contributed by atoms with E-state index in [1.165, 1.54) is 0 Å². The van der Waals surface area contributed by atoms with Crippen molar-refractivity contribution >= 4 is 28.0 Å². The van der Waals surface area contributed by atoms with Gasteiger partial charge in [-0.2, -0.15) is 0 Å². The highest BCUT2D eigenvalue weighted by Crippen LogP contribution is 2.16. The number of nitrogens with zero attached hydrogens (tertiary/aromatic N) is 2. The Hall–Kier alpha value is -0.870. The predicted molar refractivity (Wildman–Crippen MR) is 64.7 cm³/mol. The highest BCUT2D eigenvalue weighted by molar-refractivity contribution is 9.10. The molecule has 0 atom stereocenters. The second-order valence-electron chi connectivity index (χ2n) is 3.37. The molecule has 0 bridgehead atoms. The Bertz CT molecular complexity index is 331. The lowest BCUT2D eigenvalue weighted by Crippen LogP contribution is -2.34.